The summed E-state index contributed by atoms with van der Waals surface area (Å²) in [5, 5.41) is 15.8. The quantitative estimate of drug-likeness (QED) is 0.488. The third-order valence-corrected chi connectivity index (χ3v) is 5.12. The van der Waals surface area contributed by atoms with Gasteiger partial charge in [0, 0.05) is 30.6 Å². The van der Waals surface area contributed by atoms with Crippen molar-refractivity contribution in [3.05, 3.63) is 86.9 Å². The van der Waals surface area contributed by atoms with Crippen LogP contribution in [0.4, 0.5) is 17.6 Å². The van der Waals surface area contributed by atoms with Crippen molar-refractivity contribution in [2.75, 3.05) is 0 Å². The molecule has 0 spiro atoms. The van der Waals surface area contributed by atoms with Crippen molar-refractivity contribution in [2.24, 2.45) is 7.05 Å². The molecule has 174 valence electrons. The minimum Gasteiger partial charge on any atom is -0.478 e. The first kappa shape index (κ1) is 24.2. The lowest BCUT2D eigenvalue weighted by molar-refractivity contribution is -0.144. The van der Waals surface area contributed by atoms with Crippen LogP contribution < -0.4 is 5.32 Å². The van der Waals surface area contributed by atoms with Gasteiger partial charge in [-0.3, -0.25) is 9.48 Å². The van der Waals surface area contributed by atoms with Crippen LogP contribution in [0.5, 0.6) is 0 Å². The van der Waals surface area contributed by atoms with E-state index in [0.29, 0.717) is 15.3 Å². The molecule has 33 heavy (non-hydrogen) atoms. The number of aromatic carboxylic acids is 1. The van der Waals surface area contributed by atoms with Gasteiger partial charge in [0.05, 0.1) is 17.7 Å². The van der Waals surface area contributed by atoms with Crippen molar-refractivity contribution in [1.82, 2.24) is 15.1 Å². The molecule has 2 aromatic carbocycles. The fourth-order valence-electron chi connectivity index (χ4n) is 3.37. The minimum atomic E-state index is -4.73. The van der Waals surface area contributed by atoms with E-state index in [4.69, 9.17) is 16.7 Å². The van der Waals surface area contributed by atoms with Gasteiger partial charge in [-0.05, 0) is 35.4 Å². The van der Waals surface area contributed by atoms with Gasteiger partial charge in [0.2, 0.25) is 5.91 Å². The molecule has 0 saturated carbocycles. The smallest absolute Gasteiger partial charge is 0.433 e. The molecular weight excluding hydrogens is 466 g/mol. The maximum absolute atomic E-state index is 13.8. The van der Waals surface area contributed by atoms with E-state index in [1.807, 2.05) is 0 Å². The van der Waals surface area contributed by atoms with Gasteiger partial charge in [0.1, 0.15) is 11.5 Å². The number of amides is 1. The highest BCUT2D eigenvalue weighted by atomic mass is 35.5. The van der Waals surface area contributed by atoms with E-state index in [0.717, 1.165) is 19.2 Å². The maximum atomic E-state index is 13.8. The topological polar surface area (TPSA) is 84.2 Å². The van der Waals surface area contributed by atoms with E-state index in [-0.39, 0.29) is 29.8 Å². The van der Waals surface area contributed by atoms with Gasteiger partial charge in [-0.1, -0.05) is 29.8 Å². The number of carbonyl (C=O) groups excluding carboxylic acids is 1. The van der Waals surface area contributed by atoms with Gasteiger partial charge in [-0.15, -0.1) is 0 Å². The highest BCUT2D eigenvalue weighted by Crippen LogP contribution is 2.34. The Labute approximate surface area is 190 Å². The first-order valence-corrected chi connectivity index (χ1v) is 9.98. The molecule has 3 aromatic rings. The Morgan fingerprint density at radius 1 is 1.12 bits per heavy atom. The number of carbonyl (C=O) groups is 2. The Morgan fingerprint density at radius 2 is 1.76 bits per heavy atom. The molecule has 6 nitrogen and oxygen atoms in total. The highest BCUT2D eigenvalue weighted by molar-refractivity contribution is 6.30. The van der Waals surface area contributed by atoms with Gasteiger partial charge in [-0.2, -0.15) is 18.3 Å². The number of aromatic nitrogens is 2. The fourth-order valence-corrected chi connectivity index (χ4v) is 3.49. The van der Waals surface area contributed by atoms with Crippen LogP contribution in [0.15, 0.2) is 42.5 Å². The summed E-state index contributed by atoms with van der Waals surface area (Å²) in [6, 6.07) is 9.82. The van der Waals surface area contributed by atoms with Gasteiger partial charge >= 0.3 is 12.1 Å². The van der Waals surface area contributed by atoms with E-state index in [1.165, 1.54) is 6.07 Å². The molecule has 0 aliphatic carbocycles. The lowest BCUT2D eigenvalue weighted by Gasteiger charge is -2.11. The lowest BCUT2D eigenvalue weighted by atomic mass is 10.0. The van der Waals surface area contributed by atoms with Gasteiger partial charge in [0.15, 0.2) is 0 Å². The van der Waals surface area contributed by atoms with E-state index >= 15 is 0 Å². The van der Waals surface area contributed by atoms with Crippen LogP contribution in [-0.2, 0) is 37.4 Å². The molecule has 0 aliphatic rings. The molecule has 0 fully saturated rings. The molecule has 0 radical (unpaired) electrons. The molecule has 2 N–H and O–H groups in total. The molecule has 1 amide bonds. The van der Waals surface area contributed by atoms with Crippen molar-refractivity contribution in [1.29, 1.82) is 0 Å². The molecule has 11 heteroatoms. The summed E-state index contributed by atoms with van der Waals surface area (Å²) < 4.78 is 55.5. The summed E-state index contributed by atoms with van der Waals surface area (Å²) in [7, 11) is 1.16. The van der Waals surface area contributed by atoms with Crippen LogP contribution in [0.3, 0.4) is 0 Å². The molecular formula is C22H18ClF4N3O3. The highest BCUT2D eigenvalue weighted by Gasteiger charge is 2.39. The Bertz CT molecular complexity index is 1190. The molecule has 0 atom stereocenters. The molecule has 0 saturated heterocycles. The van der Waals surface area contributed by atoms with Crippen molar-refractivity contribution in [3.8, 4) is 0 Å². The molecule has 0 aliphatic heterocycles. The van der Waals surface area contributed by atoms with Crippen LogP contribution in [0.25, 0.3) is 0 Å². The lowest BCUT2D eigenvalue weighted by Crippen LogP contribution is -2.26. The zero-order valence-electron chi connectivity index (χ0n) is 17.2. The van der Waals surface area contributed by atoms with Crippen molar-refractivity contribution in [3.63, 3.8) is 0 Å². The largest absolute Gasteiger partial charge is 0.478 e. The zero-order chi connectivity index (χ0) is 24.3. The summed E-state index contributed by atoms with van der Waals surface area (Å²) in [6.45, 7) is -0.191. The number of nitrogens with zero attached hydrogens (tertiary/aromatic N) is 2. The average Bonchev–Trinajstić information content (AvgIpc) is 3.02. The Hall–Kier alpha value is -3.40. The van der Waals surface area contributed by atoms with Gasteiger partial charge in [-0.25, -0.2) is 9.18 Å². The molecule has 0 unspecified atom stereocenters. The van der Waals surface area contributed by atoms with Gasteiger partial charge < -0.3 is 10.4 Å². The normalized spacial score (nSPS) is 11.5. The number of rotatable bonds is 7. The maximum Gasteiger partial charge on any atom is 0.433 e. The summed E-state index contributed by atoms with van der Waals surface area (Å²) >= 11 is 5.85. The van der Waals surface area contributed by atoms with Crippen LogP contribution in [0.1, 0.15) is 38.4 Å². The van der Waals surface area contributed by atoms with E-state index < -0.39 is 41.5 Å². The first-order valence-electron chi connectivity index (χ1n) is 9.60. The van der Waals surface area contributed by atoms with Crippen molar-refractivity contribution < 1.29 is 32.3 Å². The Kier molecular flexibility index (Phi) is 7.06. The number of alkyl halides is 3. The van der Waals surface area contributed by atoms with Crippen molar-refractivity contribution in [2.45, 2.75) is 25.6 Å². The second-order valence-electron chi connectivity index (χ2n) is 7.27. The third-order valence-electron chi connectivity index (χ3n) is 4.87. The second-order valence-corrected chi connectivity index (χ2v) is 7.71. The number of benzene rings is 2. The SMILES string of the molecule is Cn1nc(Cc2ccc(Cl)cc2)c(CC(=O)NCc2ccc(C(=O)O)c(F)c2)c1C(F)(F)F. The molecule has 3 rings (SSSR count). The molecule has 1 heterocycles. The second kappa shape index (κ2) is 9.62. The fraction of sp³-hybridized carbons (Fsp3) is 0.227. The summed E-state index contributed by atoms with van der Waals surface area (Å²) in [5.41, 5.74) is -0.791. The number of nitrogens with one attached hydrogen (secondary N) is 1. The van der Waals surface area contributed by atoms with Crippen LogP contribution in [0, 0.1) is 5.82 Å². The van der Waals surface area contributed by atoms with Crippen LogP contribution >= 0.6 is 11.6 Å². The summed E-state index contributed by atoms with van der Waals surface area (Å²) in [6.07, 6.45) is -5.27. The predicted molar refractivity (Wildman–Crippen MR) is 111 cm³/mol. The number of carboxylic acid groups (broad SMARTS) is 1. The Balaban J connectivity index is 1.80. The Morgan fingerprint density at radius 3 is 2.33 bits per heavy atom. The summed E-state index contributed by atoms with van der Waals surface area (Å²) in [5.74, 6) is -3.15. The number of aryl methyl sites for hydroxylation is 1. The molecule has 0 bridgehead atoms. The van der Waals surface area contributed by atoms with E-state index in [2.05, 4.69) is 10.4 Å². The number of carboxylic acids is 1. The third kappa shape index (κ3) is 5.89. The molecule has 1 aromatic heterocycles. The monoisotopic (exact) mass is 483 g/mol. The number of hydrogen-bond donors (Lipinski definition) is 2. The first-order chi connectivity index (χ1) is 15.5. The predicted octanol–water partition coefficient (Wildman–Crippen LogP) is 4.38. The number of hydrogen-bond acceptors (Lipinski definition) is 3. The average molecular weight is 484 g/mol. The van der Waals surface area contributed by atoms with Crippen molar-refractivity contribution >= 4 is 23.5 Å². The van der Waals surface area contributed by atoms with E-state index in [1.54, 1.807) is 24.3 Å². The number of halogens is 5. The summed E-state index contributed by atoms with van der Waals surface area (Å²) in [4.78, 5) is 23.3. The minimum absolute atomic E-state index is 0.0611. The van der Waals surface area contributed by atoms with E-state index in [9.17, 15) is 27.2 Å². The van der Waals surface area contributed by atoms with Gasteiger partial charge in [0.25, 0.3) is 0 Å². The van der Waals surface area contributed by atoms with Crippen LogP contribution in [-0.4, -0.2) is 26.8 Å². The zero-order valence-corrected chi connectivity index (χ0v) is 18.0. The van der Waals surface area contributed by atoms with Crippen LogP contribution in [0.2, 0.25) is 5.02 Å². The standard InChI is InChI=1S/C22H18ClF4N3O3/c1-30-20(22(25,26)27)16(18(29-30)9-12-2-5-14(23)6-3-12)10-19(31)28-11-13-4-7-15(21(32)33)17(24)8-13/h2-8H,9-11H2,1H3,(H,28,31)(H,32,33).